The first-order valence-electron chi connectivity index (χ1n) is 10.0. The quantitative estimate of drug-likeness (QED) is 0.538. The molecule has 0 radical (unpaired) electrons. The van der Waals surface area contributed by atoms with Crippen LogP contribution in [0.2, 0.25) is 0 Å². The topological polar surface area (TPSA) is 88.2 Å². The van der Waals surface area contributed by atoms with Gasteiger partial charge < -0.3 is 28.7 Å². The smallest absolute Gasteiger partial charge is 0.322 e. The summed E-state index contributed by atoms with van der Waals surface area (Å²) in [4.78, 5) is 28.6. The second-order valence-corrected chi connectivity index (χ2v) is 7.33. The molecule has 0 bridgehead atoms. The van der Waals surface area contributed by atoms with Crippen LogP contribution in [0, 0.1) is 0 Å². The highest BCUT2D eigenvalue weighted by Gasteiger charge is 2.26. The number of anilines is 1. The van der Waals surface area contributed by atoms with Crippen molar-refractivity contribution < 1.29 is 23.2 Å². The first kappa shape index (κ1) is 19.0. The average Bonchev–Trinajstić information content (AvgIpc) is 3.46. The summed E-state index contributed by atoms with van der Waals surface area (Å²) in [6, 6.07) is 14.5. The monoisotopic (exact) mass is 419 g/mol. The van der Waals surface area contributed by atoms with Crippen LogP contribution < -0.4 is 10.1 Å². The van der Waals surface area contributed by atoms with Crippen LogP contribution in [-0.2, 0) is 0 Å². The molecule has 1 aliphatic rings. The van der Waals surface area contributed by atoms with E-state index in [2.05, 4.69) is 5.32 Å². The van der Waals surface area contributed by atoms with Crippen LogP contribution in [0.3, 0.4) is 0 Å². The molecular formula is C23H21N3O5. The molecule has 8 nitrogen and oxygen atoms in total. The first-order valence-corrected chi connectivity index (χ1v) is 10.0. The Kier molecular flexibility index (Phi) is 4.74. The number of methoxy groups -OCH3 is 1. The van der Waals surface area contributed by atoms with Crippen molar-refractivity contribution in [3.8, 4) is 5.75 Å². The number of furan rings is 2. The molecule has 2 aromatic heterocycles. The van der Waals surface area contributed by atoms with Gasteiger partial charge in [0.05, 0.1) is 19.1 Å². The van der Waals surface area contributed by atoms with E-state index in [9.17, 15) is 9.59 Å². The molecule has 0 spiro atoms. The maximum Gasteiger partial charge on any atom is 0.322 e. The van der Waals surface area contributed by atoms with E-state index >= 15 is 0 Å². The molecule has 3 heterocycles. The van der Waals surface area contributed by atoms with E-state index < -0.39 is 0 Å². The molecule has 0 aliphatic carbocycles. The number of urea groups is 1. The average molecular weight is 419 g/mol. The zero-order valence-electron chi connectivity index (χ0n) is 17.0. The van der Waals surface area contributed by atoms with Crippen molar-refractivity contribution in [1.29, 1.82) is 0 Å². The van der Waals surface area contributed by atoms with Gasteiger partial charge in [-0.1, -0.05) is 18.2 Å². The molecule has 1 aliphatic heterocycles. The Morgan fingerprint density at radius 1 is 0.935 bits per heavy atom. The highest BCUT2D eigenvalue weighted by atomic mass is 16.5. The second-order valence-electron chi connectivity index (χ2n) is 7.33. The van der Waals surface area contributed by atoms with Gasteiger partial charge in [0, 0.05) is 43.0 Å². The second kappa shape index (κ2) is 7.71. The summed E-state index contributed by atoms with van der Waals surface area (Å²) in [7, 11) is 1.57. The molecule has 0 unspecified atom stereocenters. The third-order valence-electron chi connectivity index (χ3n) is 5.53. The third-order valence-corrected chi connectivity index (χ3v) is 5.53. The fourth-order valence-electron chi connectivity index (χ4n) is 3.88. The van der Waals surface area contributed by atoms with Crippen LogP contribution in [0.1, 0.15) is 10.6 Å². The Hall–Kier alpha value is -3.94. The van der Waals surface area contributed by atoms with Gasteiger partial charge in [0.25, 0.3) is 5.91 Å². The van der Waals surface area contributed by atoms with Crippen LogP contribution in [-0.4, -0.2) is 55.0 Å². The number of rotatable bonds is 3. The lowest BCUT2D eigenvalue weighted by atomic mass is 10.1. The molecule has 3 amide bonds. The molecule has 158 valence electrons. The highest BCUT2D eigenvalue weighted by molar-refractivity contribution is 6.07. The molecule has 31 heavy (non-hydrogen) atoms. The van der Waals surface area contributed by atoms with Crippen LogP contribution in [0.4, 0.5) is 10.5 Å². The van der Waals surface area contributed by atoms with Gasteiger partial charge >= 0.3 is 6.03 Å². The number of piperazine rings is 1. The van der Waals surface area contributed by atoms with Crippen molar-refractivity contribution in [2.75, 3.05) is 38.6 Å². The molecule has 4 aromatic rings. The van der Waals surface area contributed by atoms with Crippen molar-refractivity contribution in [3.63, 3.8) is 0 Å². The molecule has 2 aromatic carbocycles. The fourth-order valence-corrected chi connectivity index (χ4v) is 3.88. The van der Waals surface area contributed by atoms with Crippen LogP contribution in [0.15, 0.2) is 63.6 Å². The van der Waals surface area contributed by atoms with Crippen molar-refractivity contribution in [3.05, 3.63) is 60.6 Å². The van der Waals surface area contributed by atoms with E-state index in [1.807, 2.05) is 30.3 Å². The standard InChI is InChI=1S/C23H21N3O5/c1-29-21-13-16-15-5-2-3-6-18(15)31-20(16)14-17(21)24-23(28)26-10-8-25(9-11-26)22(27)19-7-4-12-30-19/h2-7,12-14H,8-11H2,1H3,(H,24,28). The predicted octanol–water partition coefficient (Wildman–Crippen LogP) is 4.18. The van der Waals surface area contributed by atoms with Crippen molar-refractivity contribution in [1.82, 2.24) is 9.80 Å². The number of hydrogen-bond donors (Lipinski definition) is 1. The Labute approximate surface area is 177 Å². The predicted molar refractivity (Wildman–Crippen MR) is 115 cm³/mol. The molecule has 0 atom stereocenters. The van der Waals surface area contributed by atoms with Crippen molar-refractivity contribution >= 4 is 39.6 Å². The van der Waals surface area contributed by atoms with Gasteiger partial charge in [-0.2, -0.15) is 0 Å². The Morgan fingerprint density at radius 2 is 1.71 bits per heavy atom. The summed E-state index contributed by atoms with van der Waals surface area (Å²) in [5, 5.41) is 4.84. The van der Waals surface area contributed by atoms with E-state index in [-0.39, 0.29) is 11.9 Å². The number of ether oxygens (including phenoxy) is 1. The Morgan fingerprint density at radius 3 is 2.45 bits per heavy atom. The van der Waals surface area contributed by atoms with Gasteiger partial charge in [-0.25, -0.2) is 4.79 Å². The largest absolute Gasteiger partial charge is 0.495 e. The summed E-state index contributed by atoms with van der Waals surface area (Å²) in [5.41, 5.74) is 1.99. The van der Waals surface area contributed by atoms with E-state index in [0.717, 1.165) is 16.4 Å². The Balaban J connectivity index is 1.31. The third kappa shape index (κ3) is 3.46. The molecular weight excluding hydrogens is 398 g/mol. The minimum absolute atomic E-state index is 0.165. The van der Waals surface area contributed by atoms with Gasteiger partial charge in [-0.15, -0.1) is 0 Å². The van der Waals surface area contributed by atoms with E-state index in [0.29, 0.717) is 49.0 Å². The SMILES string of the molecule is COc1cc2c(cc1NC(=O)N1CCN(C(=O)c3ccco3)CC1)oc1ccccc12. The van der Waals surface area contributed by atoms with Gasteiger partial charge in [0.2, 0.25) is 0 Å². The normalized spacial score (nSPS) is 14.2. The lowest BCUT2D eigenvalue weighted by Crippen LogP contribution is -2.51. The zero-order chi connectivity index (χ0) is 21.4. The van der Waals surface area contributed by atoms with Crippen LogP contribution in [0.25, 0.3) is 21.9 Å². The van der Waals surface area contributed by atoms with Gasteiger partial charge in [0.1, 0.15) is 16.9 Å². The molecule has 5 rings (SSSR count). The number of para-hydroxylation sites is 1. The lowest BCUT2D eigenvalue weighted by Gasteiger charge is -2.34. The number of amides is 3. The van der Waals surface area contributed by atoms with Crippen molar-refractivity contribution in [2.24, 2.45) is 0 Å². The van der Waals surface area contributed by atoms with Gasteiger partial charge in [0.15, 0.2) is 5.76 Å². The molecule has 1 saturated heterocycles. The molecule has 1 fully saturated rings. The minimum atomic E-state index is -0.251. The number of hydrogen-bond acceptors (Lipinski definition) is 5. The number of nitrogens with zero attached hydrogens (tertiary/aromatic N) is 2. The minimum Gasteiger partial charge on any atom is -0.495 e. The fraction of sp³-hybridized carbons (Fsp3) is 0.217. The van der Waals surface area contributed by atoms with Crippen LogP contribution >= 0.6 is 0 Å². The summed E-state index contributed by atoms with van der Waals surface area (Å²) in [5.74, 6) is 0.697. The zero-order valence-corrected chi connectivity index (χ0v) is 17.0. The number of nitrogens with one attached hydrogen (secondary N) is 1. The molecule has 1 N–H and O–H groups in total. The van der Waals surface area contributed by atoms with E-state index in [1.54, 1.807) is 35.1 Å². The lowest BCUT2D eigenvalue weighted by molar-refractivity contribution is 0.0640. The summed E-state index contributed by atoms with van der Waals surface area (Å²) >= 11 is 0. The molecule has 8 heteroatoms. The molecule has 0 saturated carbocycles. The number of benzene rings is 2. The van der Waals surface area contributed by atoms with Crippen LogP contribution in [0.5, 0.6) is 5.75 Å². The number of fused-ring (bicyclic) bond motifs is 3. The first-order chi connectivity index (χ1) is 15.1. The number of carbonyl (C=O) groups is 2. The maximum atomic E-state index is 12.9. The number of carbonyl (C=O) groups excluding carboxylic acids is 2. The van der Waals surface area contributed by atoms with E-state index in [1.165, 1.54) is 6.26 Å². The summed E-state index contributed by atoms with van der Waals surface area (Å²) in [6.07, 6.45) is 1.48. The highest BCUT2D eigenvalue weighted by Crippen LogP contribution is 2.36. The maximum absolute atomic E-state index is 12.9. The summed E-state index contributed by atoms with van der Waals surface area (Å²) in [6.45, 7) is 1.72. The van der Waals surface area contributed by atoms with Crippen molar-refractivity contribution in [2.45, 2.75) is 0 Å². The Bertz CT molecular complexity index is 1250. The van der Waals surface area contributed by atoms with E-state index in [4.69, 9.17) is 13.6 Å². The van der Waals surface area contributed by atoms with Gasteiger partial charge in [-0.3, -0.25) is 4.79 Å². The van der Waals surface area contributed by atoms with Gasteiger partial charge in [-0.05, 0) is 24.3 Å². The summed E-state index contributed by atoms with van der Waals surface area (Å²) < 4.78 is 16.6.